The number of rotatable bonds is 2. The molecule has 0 aliphatic heterocycles. The van der Waals surface area contributed by atoms with E-state index in [-0.39, 0.29) is 0 Å². The summed E-state index contributed by atoms with van der Waals surface area (Å²) >= 11 is 1.66. The Hall–Kier alpha value is -1.72. The van der Waals surface area contributed by atoms with E-state index < -0.39 is 0 Å². The van der Waals surface area contributed by atoms with Gasteiger partial charge in [-0.1, -0.05) is 5.92 Å². The molecule has 0 saturated carbocycles. The minimum Gasteiger partial charge on any atom is -0.497 e. The maximum Gasteiger partial charge on any atom is 0.119 e. The van der Waals surface area contributed by atoms with Gasteiger partial charge in [0.05, 0.1) is 7.11 Å². The second-order valence-corrected chi connectivity index (χ2v) is 3.85. The monoisotopic (exact) mass is 214 g/mol. The molecule has 0 radical (unpaired) electrons. The average Bonchev–Trinajstić information content (AvgIpc) is 2.81. The first-order valence-electron chi connectivity index (χ1n) is 4.52. The average molecular weight is 214 g/mol. The molecule has 0 atom stereocenters. The fraction of sp³-hybridized carbons (Fsp3) is 0.0769. The number of hydrogen-bond acceptors (Lipinski definition) is 2. The zero-order valence-corrected chi connectivity index (χ0v) is 9.17. The number of ether oxygens (including phenoxy) is 1. The van der Waals surface area contributed by atoms with Gasteiger partial charge in [0.1, 0.15) is 5.75 Å². The van der Waals surface area contributed by atoms with Crippen LogP contribution in [-0.2, 0) is 0 Å². The molecule has 1 nitrogen and oxygen atoms in total. The van der Waals surface area contributed by atoms with Crippen LogP contribution in [0, 0.1) is 12.3 Å². The summed E-state index contributed by atoms with van der Waals surface area (Å²) in [6.07, 6.45) is 5.46. The Morgan fingerprint density at radius 3 is 2.80 bits per heavy atom. The summed E-state index contributed by atoms with van der Waals surface area (Å²) in [5.74, 6) is 3.51. The standard InChI is InChI=1S/C13H10OS/c1-3-10-4-5-12(14-2)8-13(10)11-6-7-15-9-11/h1,4-9H,2H3. The lowest BCUT2D eigenvalue weighted by atomic mass is 10.0. The van der Waals surface area contributed by atoms with E-state index in [4.69, 9.17) is 11.2 Å². The quantitative estimate of drug-likeness (QED) is 0.696. The largest absolute Gasteiger partial charge is 0.497 e. The van der Waals surface area contributed by atoms with Gasteiger partial charge in [-0.05, 0) is 40.6 Å². The molecule has 74 valence electrons. The molecule has 15 heavy (non-hydrogen) atoms. The summed E-state index contributed by atoms with van der Waals surface area (Å²) in [5, 5.41) is 4.12. The Morgan fingerprint density at radius 1 is 1.33 bits per heavy atom. The SMILES string of the molecule is C#Cc1ccc(OC)cc1-c1ccsc1. The van der Waals surface area contributed by atoms with E-state index in [0.717, 1.165) is 22.4 Å². The highest BCUT2D eigenvalue weighted by Gasteiger charge is 2.05. The third-order valence-electron chi connectivity index (χ3n) is 2.21. The van der Waals surface area contributed by atoms with E-state index in [1.54, 1.807) is 18.4 Å². The predicted octanol–water partition coefficient (Wildman–Crippen LogP) is 3.41. The number of hydrogen-bond donors (Lipinski definition) is 0. The fourth-order valence-electron chi connectivity index (χ4n) is 1.43. The molecular formula is C13H10OS. The summed E-state index contributed by atoms with van der Waals surface area (Å²) in [5.41, 5.74) is 3.10. The summed E-state index contributed by atoms with van der Waals surface area (Å²) in [6, 6.07) is 7.81. The molecular weight excluding hydrogens is 204 g/mol. The van der Waals surface area contributed by atoms with Crippen molar-refractivity contribution in [3.05, 3.63) is 40.6 Å². The molecule has 1 aromatic carbocycles. The van der Waals surface area contributed by atoms with E-state index >= 15 is 0 Å². The van der Waals surface area contributed by atoms with E-state index in [1.165, 1.54) is 0 Å². The van der Waals surface area contributed by atoms with Crippen LogP contribution in [0.15, 0.2) is 35.0 Å². The van der Waals surface area contributed by atoms with E-state index in [0.29, 0.717) is 0 Å². The molecule has 1 aromatic heterocycles. The van der Waals surface area contributed by atoms with Crippen molar-refractivity contribution >= 4 is 11.3 Å². The van der Waals surface area contributed by atoms with Gasteiger partial charge < -0.3 is 4.74 Å². The fourth-order valence-corrected chi connectivity index (χ4v) is 2.09. The lowest BCUT2D eigenvalue weighted by Gasteiger charge is -2.05. The van der Waals surface area contributed by atoms with Gasteiger partial charge in [-0.2, -0.15) is 11.3 Å². The van der Waals surface area contributed by atoms with Gasteiger partial charge in [0.15, 0.2) is 0 Å². The molecule has 2 aromatic rings. The predicted molar refractivity (Wildman–Crippen MR) is 64.2 cm³/mol. The van der Waals surface area contributed by atoms with Crippen molar-refractivity contribution in [1.29, 1.82) is 0 Å². The molecule has 2 heteroatoms. The molecule has 0 aliphatic carbocycles. The molecule has 0 bridgehead atoms. The Labute approximate surface area is 93.3 Å². The molecule has 0 N–H and O–H groups in total. The zero-order valence-electron chi connectivity index (χ0n) is 8.36. The van der Waals surface area contributed by atoms with Crippen LogP contribution in [0.25, 0.3) is 11.1 Å². The Balaban J connectivity index is 2.58. The lowest BCUT2D eigenvalue weighted by molar-refractivity contribution is 0.415. The summed E-state index contributed by atoms with van der Waals surface area (Å²) < 4.78 is 5.19. The van der Waals surface area contributed by atoms with Crippen molar-refractivity contribution < 1.29 is 4.74 Å². The maximum absolute atomic E-state index is 5.46. The molecule has 0 unspecified atom stereocenters. The maximum atomic E-state index is 5.46. The Morgan fingerprint density at radius 2 is 2.20 bits per heavy atom. The summed E-state index contributed by atoms with van der Waals surface area (Å²) in [6.45, 7) is 0. The van der Waals surface area contributed by atoms with Gasteiger partial charge in [0, 0.05) is 11.1 Å². The van der Waals surface area contributed by atoms with Crippen molar-refractivity contribution in [3.63, 3.8) is 0 Å². The van der Waals surface area contributed by atoms with Crippen molar-refractivity contribution in [2.45, 2.75) is 0 Å². The van der Waals surface area contributed by atoms with Crippen LogP contribution in [-0.4, -0.2) is 7.11 Å². The van der Waals surface area contributed by atoms with Gasteiger partial charge in [-0.25, -0.2) is 0 Å². The highest BCUT2D eigenvalue weighted by molar-refractivity contribution is 7.08. The van der Waals surface area contributed by atoms with Gasteiger partial charge in [-0.15, -0.1) is 6.42 Å². The zero-order chi connectivity index (χ0) is 10.7. The van der Waals surface area contributed by atoms with Crippen LogP contribution in [0.1, 0.15) is 5.56 Å². The molecule has 0 spiro atoms. The van der Waals surface area contributed by atoms with Crippen molar-refractivity contribution in [3.8, 4) is 29.2 Å². The number of methoxy groups -OCH3 is 1. The van der Waals surface area contributed by atoms with Crippen LogP contribution in [0.3, 0.4) is 0 Å². The summed E-state index contributed by atoms with van der Waals surface area (Å²) in [4.78, 5) is 0. The van der Waals surface area contributed by atoms with Crippen LogP contribution in [0.2, 0.25) is 0 Å². The van der Waals surface area contributed by atoms with Crippen LogP contribution in [0.5, 0.6) is 5.75 Å². The van der Waals surface area contributed by atoms with Crippen molar-refractivity contribution in [1.82, 2.24) is 0 Å². The van der Waals surface area contributed by atoms with Gasteiger partial charge in [0.2, 0.25) is 0 Å². The third-order valence-corrected chi connectivity index (χ3v) is 2.90. The van der Waals surface area contributed by atoms with E-state index in [2.05, 4.69) is 17.4 Å². The van der Waals surface area contributed by atoms with E-state index in [1.807, 2.05) is 23.6 Å². The molecule has 0 saturated heterocycles. The molecule has 2 rings (SSSR count). The number of terminal acetylenes is 1. The van der Waals surface area contributed by atoms with Crippen molar-refractivity contribution in [2.24, 2.45) is 0 Å². The second kappa shape index (κ2) is 4.20. The normalized spacial score (nSPS) is 9.60. The van der Waals surface area contributed by atoms with Crippen molar-refractivity contribution in [2.75, 3.05) is 7.11 Å². The Bertz CT molecular complexity index is 492. The topological polar surface area (TPSA) is 9.23 Å². The first kappa shape index (κ1) is 9.82. The summed E-state index contributed by atoms with van der Waals surface area (Å²) in [7, 11) is 1.66. The smallest absolute Gasteiger partial charge is 0.119 e. The molecule has 1 heterocycles. The van der Waals surface area contributed by atoms with Gasteiger partial charge in [-0.3, -0.25) is 0 Å². The Kier molecular flexibility index (Phi) is 2.75. The van der Waals surface area contributed by atoms with Crippen LogP contribution >= 0.6 is 11.3 Å². The lowest BCUT2D eigenvalue weighted by Crippen LogP contribution is -1.86. The van der Waals surface area contributed by atoms with Gasteiger partial charge in [0.25, 0.3) is 0 Å². The third kappa shape index (κ3) is 1.88. The van der Waals surface area contributed by atoms with Crippen LogP contribution < -0.4 is 4.74 Å². The molecule has 0 aliphatic rings. The minimum absolute atomic E-state index is 0.829. The minimum atomic E-state index is 0.829. The van der Waals surface area contributed by atoms with Gasteiger partial charge >= 0.3 is 0 Å². The first-order chi connectivity index (χ1) is 7.35. The molecule has 0 fully saturated rings. The molecule has 0 amide bonds. The number of thiophene rings is 1. The highest BCUT2D eigenvalue weighted by atomic mass is 32.1. The number of benzene rings is 1. The first-order valence-corrected chi connectivity index (χ1v) is 5.46. The highest BCUT2D eigenvalue weighted by Crippen LogP contribution is 2.29. The second-order valence-electron chi connectivity index (χ2n) is 3.07. The van der Waals surface area contributed by atoms with Crippen LogP contribution in [0.4, 0.5) is 0 Å². The van der Waals surface area contributed by atoms with E-state index in [9.17, 15) is 0 Å².